The van der Waals surface area contributed by atoms with Crippen LogP contribution in [0.3, 0.4) is 0 Å². The molecule has 3 aromatic heterocycles. The second kappa shape index (κ2) is 7.88. The second-order valence-electron chi connectivity index (χ2n) is 7.59. The van der Waals surface area contributed by atoms with Gasteiger partial charge in [0, 0.05) is 36.3 Å². The van der Waals surface area contributed by atoms with Gasteiger partial charge < -0.3 is 23.6 Å². The van der Waals surface area contributed by atoms with Gasteiger partial charge in [-0.05, 0) is 24.6 Å². The van der Waals surface area contributed by atoms with Crippen molar-refractivity contribution in [3.05, 3.63) is 75.8 Å². The molecule has 0 saturated carbocycles. The first-order valence-corrected chi connectivity index (χ1v) is 10.3. The lowest BCUT2D eigenvalue weighted by Gasteiger charge is -2.16. The first kappa shape index (κ1) is 19.9. The summed E-state index contributed by atoms with van der Waals surface area (Å²) in [5.41, 5.74) is 0.890. The monoisotopic (exact) mass is 430 g/mol. The highest BCUT2D eigenvalue weighted by atomic mass is 16.5. The largest absolute Gasteiger partial charge is 0.493 e. The molecule has 3 heterocycles. The number of para-hydroxylation sites is 1. The minimum atomic E-state index is -0.251. The molecule has 0 fully saturated rings. The Hall–Kier alpha value is -4.07. The van der Waals surface area contributed by atoms with Gasteiger partial charge in [-0.15, -0.1) is 0 Å². The van der Waals surface area contributed by atoms with Crippen molar-refractivity contribution in [1.29, 1.82) is 0 Å². The van der Waals surface area contributed by atoms with Crippen LogP contribution < -0.4 is 20.6 Å². The number of aromatic amines is 1. The number of ether oxygens (including phenoxy) is 2. The molecule has 5 aromatic rings. The lowest BCUT2D eigenvalue weighted by molar-refractivity contribution is 0.356. The molecule has 1 N–H and O–H groups in total. The fraction of sp³-hybridized carbons (Fsp3) is 0.208. The summed E-state index contributed by atoms with van der Waals surface area (Å²) in [4.78, 5) is 34.0. The van der Waals surface area contributed by atoms with Gasteiger partial charge in [-0.3, -0.25) is 9.59 Å². The molecule has 0 bridgehead atoms. The van der Waals surface area contributed by atoms with Gasteiger partial charge in [0.05, 0.1) is 42.4 Å². The van der Waals surface area contributed by atoms with Crippen LogP contribution in [0.4, 0.5) is 0 Å². The zero-order chi connectivity index (χ0) is 22.2. The first-order chi connectivity index (χ1) is 15.6. The molecule has 0 spiro atoms. The molecule has 5 rings (SSSR count). The number of hydrogen-bond donors (Lipinski definition) is 1. The fourth-order valence-corrected chi connectivity index (χ4v) is 4.31. The lowest BCUT2D eigenvalue weighted by atomic mass is 10.0. The molecule has 0 unspecified atom stereocenters. The minimum absolute atomic E-state index is 0.171. The molecule has 0 radical (unpaired) electrons. The van der Waals surface area contributed by atoms with Gasteiger partial charge in [-0.1, -0.05) is 18.2 Å². The van der Waals surface area contributed by atoms with E-state index in [0.29, 0.717) is 58.2 Å². The normalized spacial score (nSPS) is 11.4. The molecule has 0 saturated heterocycles. The Morgan fingerprint density at radius 3 is 2.44 bits per heavy atom. The summed E-state index contributed by atoms with van der Waals surface area (Å²) in [5, 5.41) is 2.24. The Morgan fingerprint density at radius 2 is 1.72 bits per heavy atom. The van der Waals surface area contributed by atoms with E-state index in [1.807, 2.05) is 35.0 Å². The van der Waals surface area contributed by atoms with Crippen LogP contribution in [0.25, 0.3) is 32.6 Å². The molecular formula is C24H22N4O4. The van der Waals surface area contributed by atoms with Crippen LogP contribution in [0.1, 0.15) is 6.42 Å². The van der Waals surface area contributed by atoms with E-state index in [2.05, 4.69) is 9.97 Å². The Labute approximate surface area is 182 Å². The minimum Gasteiger partial charge on any atom is -0.493 e. The molecule has 0 aliphatic rings. The summed E-state index contributed by atoms with van der Waals surface area (Å²) in [6.07, 6.45) is 6.06. The standard InChI is InChI=1S/C24H22N4O4/c1-31-19-12-16-17(13-20(19)32-2)24(30)28(10-5-9-27-11-8-25-14-27)22-15-6-3-4-7-18(15)26-23(29)21(16)22/h3-4,6-8,11-14H,5,9-10H2,1-2H3,(H,26,29). The predicted octanol–water partition coefficient (Wildman–Crippen LogP) is 3.30. The predicted molar refractivity (Wildman–Crippen MR) is 124 cm³/mol. The van der Waals surface area contributed by atoms with Crippen molar-refractivity contribution >= 4 is 32.6 Å². The number of nitrogens with one attached hydrogen (secondary N) is 1. The van der Waals surface area contributed by atoms with Gasteiger partial charge in [0.15, 0.2) is 11.5 Å². The van der Waals surface area contributed by atoms with Crippen LogP contribution in [-0.2, 0) is 13.1 Å². The molecular weight excluding hydrogens is 408 g/mol. The average Bonchev–Trinajstić information content (AvgIpc) is 3.33. The van der Waals surface area contributed by atoms with Crippen molar-refractivity contribution < 1.29 is 9.47 Å². The number of pyridine rings is 2. The third-order valence-electron chi connectivity index (χ3n) is 5.79. The summed E-state index contributed by atoms with van der Waals surface area (Å²) < 4.78 is 14.5. The molecule has 0 aliphatic heterocycles. The maximum atomic E-state index is 13.7. The lowest BCUT2D eigenvalue weighted by Crippen LogP contribution is -2.24. The summed E-state index contributed by atoms with van der Waals surface area (Å²) in [6.45, 7) is 1.16. The average molecular weight is 430 g/mol. The third-order valence-corrected chi connectivity index (χ3v) is 5.79. The second-order valence-corrected chi connectivity index (χ2v) is 7.59. The first-order valence-electron chi connectivity index (χ1n) is 10.3. The van der Waals surface area contributed by atoms with E-state index in [1.54, 1.807) is 29.2 Å². The summed E-state index contributed by atoms with van der Waals surface area (Å²) in [6, 6.07) is 10.9. The van der Waals surface area contributed by atoms with Crippen LogP contribution in [-0.4, -0.2) is 33.3 Å². The number of fused-ring (bicyclic) bond motifs is 5. The number of nitrogens with zero attached hydrogens (tertiary/aromatic N) is 3. The van der Waals surface area contributed by atoms with E-state index in [4.69, 9.17) is 9.47 Å². The van der Waals surface area contributed by atoms with Gasteiger partial charge in [-0.25, -0.2) is 4.98 Å². The van der Waals surface area contributed by atoms with E-state index >= 15 is 0 Å². The molecule has 2 aromatic carbocycles. The van der Waals surface area contributed by atoms with Gasteiger partial charge >= 0.3 is 0 Å². The van der Waals surface area contributed by atoms with Crippen LogP contribution in [0.15, 0.2) is 64.7 Å². The highest BCUT2D eigenvalue weighted by Crippen LogP contribution is 2.34. The Kier molecular flexibility index (Phi) is 4.89. The van der Waals surface area contributed by atoms with Crippen LogP contribution >= 0.6 is 0 Å². The molecule has 8 nitrogen and oxygen atoms in total. The molecule has 0 aliphatic carbocycles. The zero-order valence-corrected chi connectivity index (χ0v) is 17.8. The zero-order valence-electron chi connectivity index (χ0n) is 17.8. The highest BCUT2D eigenvalue weighted by molar-refractivity contribution is 6.14. The van der Waals surface area contributed by atoms with Gasteiger partial charge in [-0.2, -0.15) is 0 Å². The molecule has 0 atom stereocenters. The van der Waals surface area contributed by atoms with E-state index in [1.165, 1.54) is 14.2 Å². The number of aromatic nitrogens is 4. The molecule has 0 amide bonds. The van der Waals surface area contributed by atoms with Crippen molar-refractivity contribution in [1.82, 2.24) is 19.1 Å². The molecule has 32 heavy (non-hydrogen) atoms. The SMILES string of the molecule is COc1cc2c(=O)n(CCCn3ccnc3)c3c4ccccc4[nH]c(=O)c3c2cc1OC. The quantitative estimate of drug-likeness (QED) is 0.418. The van der Waals surface area contributed by atoms with Crippen LogP contribution in [0, 0.1) is 0 Å². The van der Waals surface area contributed by atoms with Gasteiger partial charge in [0.1, 0.15) is 0 Å². The van der Waals surface area contributed by atoms with Crippen molar-refractivity contribution in [2.45, 2.75) is 19.5 Å². The number of imidazole rings is 1. The topological polar surface area (TPSA) is 91.1 Å². The van der Waals surface area contributed by atoms with Gasteiger partial charge in [0.2, 0.25) is 0 Å². The van der Waals surface area contributed by atoms with Crippen molar-refractivity contribution in [2.75, 3.05) is 14.2 Å². The smallest absolute Gasteiger partial charge is 0.259 e. The van der Waals surface area contributed by atoms with Crippen LogP contribution in [0.5, 0.6) is 11.5 Å². The number of H-pyrrole nitrogens is 1. The van der Waals surface area contributed by atoms with E-state index in [0.717, 1.165) is 5.39 Å². The maximum Gasteiger partial charge on any atom is 0.259 e. The van der Waals surface area contributed by atoms with Gasteiger partial charge in [0.25, 0.3) is 11.1 Å². The Bertz CT molecular complexity index is 1570. The van der Waals surface area contributed by atoms with E-state index in [-0.39, 0.29) is 11.1 Å². The molecule has 162 valence electrons. The number of hydrogen-bond acceptors (Lipinski definition) is 5. The fourth-order valence-electron chi connectivity index (χ4n) is 4.31. The van der Waals surface area contributed by atoms with Crippen molar-refractivity contribution in [3.63, 3.8) is 0 Å². The Morgan fingerprint density at radius 1 is 0.969 bits per heavy atom. The van der Waals surface area contributed by atoms with Crippen molar-refractivity contribution in [3.8, 4) is 11.5 Å². The molecule has 8 heteroatoms. The summed E-state index contributed by atoms with van der Waals surface area (Å²) in [5.74, 6) is 0.907. The summed E-state index contributed by atoms with van der Waals surface area (Å²) in [7, 11) is 3.05. The number of benzene rings is 2. The van der Waals surface area contributed by atoms with Crippen molar-refractivity contribution in [2.24, 2.45) is 0 Å². The highest BCUT2D eigenvalue weighted by Gasteiger charge is 2.19. The summed E-state index contributed by atoms with van der Waals surface area (Å²) >= 11 is 0. The Balaban J connectivity index is 1.85. The van der Waals surface area contributed by atoms with E-state index < -0.39 is 0 Å². The maximum absolute atomic E-state index is 13.7. The third kappa shape index (κ3) is 3.11. The van der Waals surface area contributed by atoms with E-state index in [9.17, 15) is 9.59 Å². The number of methoxy groups -OCH3 is 2. The number of rotatable bonds is 6. The van der Waals surface area contributed by atoms with Crippen LogP contribution in [0.2, 0.25) is 0 Å². The number of aryl methyl sites for hydroxylation is 2.